The van der Waals surface area contributed by atoms with Gasteiger partial charge in [0.1, 0.15) is 16.9 Å². The maximum atomic E-state index is 13.2. The summed E-state index contributed by atoms with van der Waals surface area (Å²) in [7, 11) is 0. The number of anilines is 1. The van der Waals surface area contributed by atoms with Crippen molar-refractivity contribution in [3.8, 4) is 6.07 Å². The first-order valence-corrected chi connectivity index (χ1v) is 9.13. The first-order valence-electron chi connectivity index (χ1n) is 7.33. The third-order valence-corrected chi connectivity index (χ3v) is 5.27. The van der Waals surface area contributed by atoms with Crippen LogP contribution >= 0.6 is 23.1 Å². The fourth-order valence-corrected chi connectivity index (χ4v) is 4.09. The molecule has 0 aliphatic rings. The molecule has 0 aliphatic heterocycles. The van der Waals surface area contributed by atoms with Crippen LogP contribution in [0.5, 0.6) is 0 Å². The number of carbonyl (C=O) groups is 1. The smallest absolute Gasteiger partial charge is 0.236 e. The number of thiazole rings is 1. The van der Waals surface area contributed by atoms with Crippen LogP contribution in [0.4, 0.5) is 9.52 Å². The van der Waals surface area contributed by atoms with Crippen LogP contribution in [-0.4, -0.2) is 21.6 Å². The average molecular weight is 372 g/mol. The van der Waals surface area contributed by atoms with Crippen molar-refractivity contribution in [1.29, 1.82) is 5.26 Å². The number of nitriles is 1. The maximum Gasteiger partial charge on any atom is 0.236 e. The van der Waals surface area contributed by atoms with E-state index in [4.69, 9.17) is 0 Å². The highest BCUT2D eigenvalue weighted by Gasteiger charge is 2.13. The van der Waals surface area contributed by atoms with E-state index < -0.39 is 0 Å². The minimum atomic E-state index is -0.338. The molecule has 0 aliphatic carbocycles. The van der Waals surface area contributed by atoms with E-state index in [0.717, 1.165) is 11.3 Å². The van der Waals surface area contributed by atoms with Crippen LogP contribution in [0.3, 0.4) is 0 Å². The number of hydrogen-bond acceptors (Lipinski definition) is 6. The molecule has 126 valence electrons. The van der Waals surface area contributed by atoms with Crippen LogP contribution in [0.15, 0.2) is 29.3 Å². The van der Waals surface area contributed by atoms with Gasteiger partial charge >= 0.3 is 0 Å². The number of carbonyl (C=O) groups excluding carboxylic acids is 1. The van der Waals surface area contributed by atoms with Gasteiger partial charge in [-0.25, -0.2) is 14.4 Å². The number of benzene rings is 1. The van der Waals surface area contributed by atoms with Gasteiger partial charge in [0.25, 0.3) is 0 Å². The number of pyridine rings is 1. The Balaban J connectivity index is 1.70. The SMILES string of the molecule is Cc1cc(C)c(C#N)c(SCC(=O)Nc2nc3ccc(F)cc3s2)n1. The Morgan fingerprint density at radius 1 is 1.36 bits per heavy atom. The largest absolute Gasteiger partial charge is 0.301 e. The standard InChI is InChI=1S/C17H13FN4OS2/c1-9-5-10(2)20-16(12(9)7-19)24-8-15(23)22-17-21-13-4-3-11(18)6-14(13)25-17/h3-6H,8H2,1-2H3,(H,21,22,23). The van der Waals surface area contributed by atoms with E-state index in [0.29, 0.717) is 25.9 Å². The second kappa shape index (κ2) is 7.17. The highest BCUT2D eigenvalue weighted by molar-refractivity contribution is 8.00. The van der Waals surface area contributed by atoms with Crippen molar-refractivity contribution in [2.24, 2.45) is 0 Å². The molecule has 2 aromatic heterocycles. The molecule has 2 heterocycles. The molecule has 5 nitrogen and oxygen atoms in total. The van der Waals surface area contributed by atoms with Crippen molar-refractivity contribution in [3.63, 3.8) is 0 Å². The molecule has 25 heavy (non-hydrogen) atoms. The van der Waals surface area contributed by atoms with Gasteiger partial charge in [0.05, 0.1) is 21.5 Å². The normalized spacial score (nSPS) is 10.6. The lowest BCUT2D eigenvalue weighted by Crippen LogP contribution is -2.14. The second-order valence-corrected chi connectivity index (χ2v) is 7.34. The van der Waals surface area contributed by atoms with Gasteiger partial charge in [0, 0.05) is 5.69 Å². The number of thioether (sulfide) groups is 1. The van der Waals surface area contributed by atoms with E-state index in [1.165, 1.54) is 35.2 Å². The van der Waals surface area contributed by atoms with Gasteiger partial charge in [-0.05, 0) is 43.7 Å². The molecule has 0 fully saturated rings. The van der Waals surface area contributed by atoms with Crippen LogP contribution < -0.4 is 5.32 Å². The molecule has 3 aromatic rings. The van der Waals surface area contributed by atoms with Crippen molar-refractivity contribution in [2.45, 2.75) is 18.9 Å². The van der Waals surface area contributed by atoms with Crippen LogP contribution in [0, 0.1) is 31.0 Å². The Hall–Kier alpha value is -2.50. The molecule has 1 N–H and O–H groups in total. The van der Waals surface area contributed by atoms with Crippen LogP contribution in [0.2, 0.25) is 0 Å². The summed E-state index contributed by atoms with van der Waals surface area (Å²) in [6.45, 7) is 3.69. The van der Waals surface area contributed by atoms with Gasteiger partial charge < -0.3 is 5.32 Å². The fraction of sp³-hybridized carbons (Fsp3) is 0.176. The lowest BCUT2D eigenvalue weighted by atomic mass is 10.1. The lowest BCUT2D eigenvalue weighted by Gasteiger charge is -2.07. The molecule has 0 radical (unpaired) electrons. The summed E-state index contributed by atoms with van der Waals surface area (Å²) in [6, 6.07) is 8.25. The molecule has 0 bridgehead atoms. The molecule has 3 rings (SSSR count). The zero-order valence-corrected chi connectivity index (χ0v) is 15.1. The molecule has 1 aromatic carbocycles. The number of aryl methyl sites for hydroxylation is 2. The van der Waals surface area contributed by atoms with Gasteiger partial charge in [-0.2, -0.15) is 5.26 Å². The zero-order valence-electron chi connectivity index (χ0n) is 13.5. The quantitative estimate of drug-likeness (QED) is 0.699. The summed E-state index contributed by atoms with van der Waals surface area (Å²) in [6.07, 6.45) is 0. The van der Waals surface area contributed by atoms with Crippen LogP contribution in [-0.2, 0) is 4.79 Å². The molecule has 0 saturated heterocycles. The molecule has 1 amide bonds. The predicted octanol–water partition coefficient (Wildman–Crippen LogP) is 4.05. The fourth-order valence-electron chi connectivity index (χ4n) is 2.28. The van der Waals surface area contributed by atoms with E-state index in [9.17, 15) is 14.4 Å². The number of halogens is 1. The van der Waals surface area contributed by atoms with Crippen molar-refractivity contribution in [2.75, 3.05) is 11.1 Å². The molecule has 8 heteroatoms. The van der Waals surface area contributed by atoms with Gasteiger partial charge in [-0.3, -0.25) is 4.79 Å². The van der Waals surface area contributed by atoms with Gasteiger partial charge in [0.15, 0.2) is 5.13 Å². The lowest BCUT2D eigenvalue weighted by molar-refractivity contribution is -0.113. The number of nitrogens with zero attached hydrogens (tertiary/aromatic N) is 3. The van der Waals surface area contributed by atoms with Crippen LogP contribution in [0.1, 0.15) is 16.8 Å². The van der Waals surface area contributed by atoms with Gasteiger partial charge in [0.2, 0.25) is 5.91 Å². The predicted molar refractivity (Wildman–Crippen MR) is 97.4 cm³/mol. The van der Waals surface area contributed by atoms with Gasteiger partial charge in [-0.15, -0.1) is 0 Å². The Kier molecular flexibility index (Phi) is 4.97. The molecular weight excluding hydrogens is 359 g/mol. The van der Waals surface area contributed by atoms with E-state index >= 15 is 0 Å². The first kappa shape index (κ1) is 17.3. The van der Waals surface area contributed by atoms with Crippen molar-refractivity contribution in [1.82, 2.24) is 9.97 Å². The van der Waals surface area contributed by atoms with E-state index in [1.807, 2.05) is 19.9 Å². The number of rotatable bonds is 4. The van der Waals surface area contributed by atoms with Gasteiger partial charge in [-0.1, -0.05) is 23.1 Å². The minimum absolute atomic E-state index is 0.106. The average Bonchev–Trinajstić information content (AvgIpc) is 2.93. The van der Waals surface area contributed by atoms with Crippen molar-refractivity contribution >= 4 is 44.4 Å². The topological polar surface area (TPSA) is 78.7 Å². The number of amides is 1. The Morgan fingerprint density at radius 3 is 2.92 bits per heavy atom. The third-order valence-electron chi connectivity index (χ3n) is 3.36. The number of fused-ring (bicyclic) bond motifs is 1. The first-order chi connectivity index (χ1) is 12.0. The van der Waals surface area contributed by atoms with Crippen molar-refractivity contribution in [3.05, 3.63) is 46.9 Å². The number of nitrogens with one attached hydrogen (secondary N) is 1. The third kappa shape index (κ3) is 3.95. The number of aromatic nitrogens is 2. The Bertz CT molecular complexity index is 1010. The molecule has 0 unspecified atom stereocenters. The van der Waals surface area contributed by atoms with E-state index in [1.54, 1.807) is 6.07 Å². The highest BCUT2D eigenvalue weighted by atomic mass is 32.2. The molecule has 0 spiro atoms. The monoisotopic (exact) mass is 372 g/mol. The summed E-state index contributed by atoms with van der Waals surface area (Å²) in [5.41, 5.74) is 2.76. The summed E-state index contributed by atoms with van der Waals surface area (Å²) in [5.74, 6) is -0.488. The van der Waals surface area contributed by atoms with E-state index in [2.05, 4.69) is 21.4 Å². The van der Waals surface area contributed by atoms with Crippen LogP contribution in [0.25, 0.3) is 10.2 Å². The molecule has 0 saturated carbocycles. The highest BCUT2D eigenvalue weighted by Crippen LogP contribution is 2.27. The summed E-state index contributed by atoms with van der Waals surface area (Å²) >= 11 is 2.42. The number of hydrogen-bond donors (Lipinski definition) is 1. The Morgan fingerprint density at radius 2 is 2.16 bits per heavy atom. The second-order valence-electron chi connectivity index (χ2n) is 5.34. The molecule has 0 atom stereocenters. The minimum Gasteiger partial charge on any atom is -0.301 e. The summed E-state index contributed by atoms with van der Waals surface area (Å²) < 4.78 is 13.9. The maximum absolute atomic E-state index is 13.2. The Labute approximate surface area is 151 Å². The van der Waals surface area contributed by atoms with Crippen molar-refractivity contribution < 1.29 is 9.18 Å². The summed E-state index contributed by atoms with van der Waals surface area (Å²) in [5, 5.41) is 12.9. The summed E-state index contributed by atoms with van der Waals surface area (Å²) in [4.78, 5) is 20.7. The van der Waals surface area contributed by atoms with E-state index in [-0.39, 0.29) is 17.5 Å². The molecular formula is C17H13FN4OS2. The zero-order chi connectivity index (χ0) is 18.0.